The molecule has 1 unspecified atom stereocenters. The number of amides is 1. The predicted molar refractivity (Wildman–Crippen MR) is 68.6 cm³/mol. The fourth-order valence-electron chi connectivity index (χ4n) is 1.74. The van der Waals surface area contributed by atoms with Gasteiger partial charge in [0.15, 0.2) is 0 Å². The number of piperidine rings is 1. The lowest BCUT2D eigenvalue weighted by Gasteiger charge is -2.22. The van der Waals surface area contributed by atoms with Gasteiger partial charge >= 0.3 is 0 Å². The van der Waals surface area contributed by atoms with Gasteiger partial charge in [0.05, 0.1) is 0 Å². The van der Waals surface area contributed by atoms with Gasteiger partial charge in [0.1, 0.15) is 10.3 Å². The smallest absolute Gasteiger partial charge is 0.250 e. The van der Waals surface area contributed by atoms with Gasteiger partial charge < -0.3 is 11.1 Å². The highest BCUT2D eigenvalue weighted by Crippen LogP contribution is 2.21. The molecule has 1 aliphatic rings. The van der Waals surface area contributed by atoms with Crippen LogP contribution in [0.25, 0.3) is 0 Å². The number of nitrogens with one attached hydrogen (secondary N) is 2. The molecule has 1 atom stereocenters. The third kappa shape index (κ3) is 2.89. The van der Waals surface area contributed by atoms with E-state index < -0.39 is 16.1 Å². The maximum Gasteiger partial charge on any atom is 0.250 e. The van der Waals surface area contributed by atoms with Crippen LogP contribution in [0, 0.1) is 0 Å². The van der Waals surface area contributed by atoms with Crippen LogP contribution in [0.4, 0.5) is 0 Å². The van der Waals surface area contributed by atoms with Crippen molar-refractivity contribution in [1.82, 2.24) is 10.0 Å². The molecule has 0 aliphatic carbocycles. The summed E-state index contributed by atoms with van der Waals surface area (Å²) in [6.45, 7) is 0.914. The summed E-state index contributed by atoms with van der Waals surface area (Å²) in [5.74, 6) is -0.263. The molecular weight excluding hydrogens is 274 g/mol. The summed E-state index contributed by atoms with van der Waals surface area (Å²) in [6, 6.07) is 2.52. The Hall–Kier alpha value is -0.960. The first kappa shape index (κ1) is 13.5. The molecule has 0 aromatic carbocycles. The Morgan fingerprint density at radius 1 is 1.50 bits per heavy atom. The first-order chi connectivity index (χ1) is 8.53. The molecule has 1 fully saturated rings. The van der Waals surface area contributed by atoms with Gasteiger partial charge in [0.25, 0.3) is 10.0 Å². The fraction of sp³-hybridized carbons (Fsp3) is 0.500. The molecule has 1 amide bonds. The van der Waals surface area contributed by atoms with Gasteiger partial charge in [-0.1, -0.05) is 0 Å². The molecule has 1 aromatic rings. The van der Waals surface area contributed by atoms with Crippen LogP contribution in [0.15, 0.2) is 16.3 Å². The number of hydrogen-bond donors (Lipinski definition) is 3. The highest BCUT2D eigenvalue weighted by molar-refractivity contribution is 7.91. The Morgan fingerprint density at radius 3 is 2.89 bits per heavy atom. The molecule has 2 rings (SSSR count). The maximum atomic E-state index is 12.1. The number of sulfonamides is 1. The molecule has 2 heterocycles. The van der Waals surface area contributed by atoms with E-state index in [2.05, 4.69) is 10.0 Å². The minimum atomic E-state index is -3.63. The average Bonchev–Trinajstić information content (AvgIpc) is 2.81. The third-order valence-electron chi connectivity index (χ3n) is 2.69. The second-order valence-corrected chi connectivity index (χ2v) is 7.14. The van der Waals surface area contributed by atoms with E-state index in [0.717, 1.165) is 22.6 Å². The SMILES string of the molecule is NCc1ccc(S(=O)(=O)NC2CCCNC2=O)s1. The molecule has 18 heavy (non-hydrogen) atoms. The van der Waals surface area contributed by atoms with Crippen molar-refractivity contribution in [3.63, 3.8) is 0 Å². The third-order valence-corrected chi connectivity index (χ3v) is 5.76. The van der Waals surface area contributed by atoms with E-state index in [-0.39, 0.29) is 10.1 Å². The predicted octanol–water partition coefficient (Wildman–Crippen LogP) is -0.236. The zero-order valence-electron chi connectivity index (χ0n) is 9.68. The van der Waals surface area contributed by atoms with Crippen molar-refractivity contribution in [2.24, 2.45) is 5.73 Å². The first-order valence-corrected chi connectivity index (χ1v) is 7.92. The number of hydrogen-bond acceptors (Lipinski definition) is 5. The van der Waals surface area contributed by atoms with Crippen molar-refractivity contribution in [3.05, 3.63) is 17.0 Å². The highest BCUT2D eigenvalue weighted by atomic mass is 32.2. The molecule has 4 N–H and O–H groups in total. The van der Waals surface area contributed by atoms with Crippen molar-refractivity contribution >= 4 is 27.3 Å². The van der Waals surface area contributed by atoms with Gasteiger partial charge in [0, 0.05) is 18.0 Å². The van der Waals surface area contributed by atoms with Crippen molar-refractivity contribution in [3.8, 4) is 0 Å². The molecule has 100 valence electrons. The Balaban J connectivity index is 2.13. The van der Waals surface area contributed by atoms with E-state index in [0.29, 0.717) is 19.5 Å². The van der Waals surface area contributed by atoms with Crippen LogP contribution in [0.3, 0.4) is 0 Å². The van der Waals surface area contributed by atoms with Gasteiger partial charge in [0.2, 0.25) is 5.91 Å². The summed E-state index contributed by atoms with van der Waals surface area (Å²) in [4.78, 5) is 12.3. The number of carbonyl (C=O) groups excluding carboxylic acids is 1. The second kappa shape index (κ2) is 5.35. The van der Waals surface area contributed by atoms with Crippen molar-refractivity contribution in [1.29, 1.82) is 0 Å². The van der Waals surface area contributed by atoms with Crippen LogP contribution >= 0.6 is 11.3 Å². The first-order valence-electron chi connectivity index (χ1n) is 5.62. The number of rotatable bonds is 4. The average molecular weight is 289 g/mol. The van der Waals surface area contributed by atoms with E-state index in [1.807, 2.05) is 0 Å². The number of carbonyl (C=O) groups is 1. The van der Waals surface area contributed by atoms with E-state index in [9.17, 15) is 13.2 Å². The molecular formula is C10H15N3O3S2. The van der Waals surface area contributed by atoms with Gasteiger partial charge in [-0.2, -0.15) is 4.72 Å². The maximum absolute atomic E-state index is 12.1. The lowest BCUT2D eigenvalue weighted by molar-refractivity contribution is -0.124. The summed E-state index contributed by atoms with van der Waals surface area (Å²) in [6.07, 6.45) is 1.30. The summed E-state index contributed by atoms with van der Waals surface area (Å²) < 4.78 is 26.7. The van der Waals surface area contributed by atoms with Crippen molar-refractivity contribution in [2.45, 2.75) is 29.6 Å². The highest BCUT2D eigenvalue weighted by Gasteiger charge is 2.28. The molecule has 1 saturated heterocycles. The van der Waals surface area contributed by atoms with E-state index >= 15 is 0 Å². The Labute approximate surface area is 110 Å². The van der Waals surface area contributed by atoms with Crippen LogP contribution in [0.5, 0.6) is 0 Å². The van der Waals surface area contributed by atoms with E-state index in [4.69, 9.17) is 5.73 Å². The van der Waals surface area contributed by atoms with Crippen LogP contribution in [-0.2, 0) is 21.4 Å². The van der Waals surface area contributed by atoms with Crippen LogP contribution in [0.2, 0.25) is 0 Å². The van der Waals surface area contributed by atoms with E-state index in [1.54, 1.807) is 6.07 Å². The number of thiophene rings is 1. The van der Waals surface area contributed by atoms with Crippen LogP contribution < -0.4 is 15.8 Å². The molecule has 0 saturated carbocycles. The normalized spacial score (nSPS) is 20.7. The van der Waals surface area contributed by atoms with Gasteiger partial charge in [-0.05, 0) is 25.0 Å². The Bertz CT molecular complexity index is 538. The molecule has 1 aliphatic heterocycles. The Kier molecular flexibility index (Phi) is 4.00. The minimum absolute atomic E-state index is 0.196. The zero-order valence-corrected chi connectivity index (χ0v) is 11.3. The lowest BCUT2D eigenvalue weighted by atomic mass is 10.1. The largest absolute Gasteiger partial charge is 0.355 e. The van der Waals surface area contributed by atoms with Crippen molar-refractivity contribution < 1.29 is 13.2 Å². The van der Waals surface area contributed by atoms with Gasteiger partial charge in [-0.15, -0.1) is 11.3 Å². The molecule has 6 nitrogen and oxygen atoms in total. The summed E-state index contributed by atoms with van der Waals surface area (Å²) in [5, 5.41) is 2.64. The molecule has 0 radical (unpaired) electrons. The van der Waals surface area contributed by atoms with Crippen LogP contribution in [0.1, 0.15) is 17.7 Å². The monoisotopic (exact) mass is 289 g/mol. The summed E-state index contributed by atoms with van der Waals surface area (Å²) in [5.41, 5.74) is 5.44. The zero-order chi connectivity index (χ0) is 13.2. The molecule has 8 heteroatoms. The lowest BCUT2D eigenvalue weighted by Crippen LogP contribution is -2.49. The van der Waals surface area contributed by atoms with Gasteiger partial charge in [-0.25, -0.2) is 8.42 Å². The topological polar surface area (TPSA) is 101 Å². The summed E-state index contributed by atoms with van der Waals surface area (Å²) in [7, 11) is -3.63. The van der Waals surface area contributed by atoms with E-state index in [1.165, 1.54) is 6.07 Å². The molecule has 0 spiro atoms. The minimum Gasteiger partial charge on any atom is -0.355 e. The van der Waals surface area contributed by atoms with Crippen molar-refractivity contribution in [2.75, 3.05) is 6.54 Å². The van der Waals surface area contributed by atoms with Crippen LogP contribution in [-0.4, -0.2) is 26.9 Å². The number of nitrogens with two attached hydrogens (primary N) is 1. The van der Waals surface area contributed by atoms with Gasteiger partial charge in [-0.3, -0.25) is 4.79 Å². The molecule has 1 aromatic heterocycles. The fourth-order valence-corrected chi connectivity index (χ4v) is 4.22. The second-order valence-electron chi connectivity index (χ2n) is 4.03. The quantitative estimate of drug-likeness (QED) is 0.712. The Morgan fingerprint density at radius 2 is 2.28 bits per heavy atom. The standard InChI is InChI=1S/C10H15N3O3S2/c11-6-7-3-4-9(17-7)18(15,16)13-8-2-1-5-12-10(8)14/h3-4,8,13H,1-2,5-6,11H2,(H,12,14). The summed E-state index contributed by atoms with van der Waals surface area (Å²) >= 11 is 1.12. The molecule has 0 bridgehead atoms.